The lowest BCUT2D eigenvalue weighted by molar-refractivity contribution is -0.131. The van der Waals surface area contributed by atoms with Gasteiger partial charge in [0.2, 0.25) is 5.91 Å². The van der Waals surface area contributed by atoms with Crippen LogP contribution in [0.15, 0.2) is 24.3 Å². The van der Waals surface area contributed by atoms with E-state index in [1.165, 1.54) is 19.3 Å². The molecule has 1 N–H and O–H groups in total. The van der Waals surface area contributed by atoms with E-state index in [0.29, 0.717) is 18.0 Å². The first kappa shape index (κ1) is 14.6. The molecule has 4 heteroatoms. The highest BCUT2D eigenvalue weighted by atomic mass is 16.4. The fourth-order valence-electron chi connectivity index (χ4n) is 2.55. The zero-order valence-electron chi connectivity index (χ0n) is 11.8. The maximum atomic E-state index is 12.3. The number of carboxylic acids is 1. The zero-order chi connectivity index (χ0) is 14.5. The molecule has 1 aliphatic carbocycles. The predicted molar refractivity (Wildman–Crippen MR) is 76.7 cm³/mol. The molecule has 4 nitrogen and oxygen atoms in total. The summed E-state index contributed by atoms with van der Waals surface area (Å²) in [6, 6.07) is 6.73. The number of amides is 1. The highest BCUT2D eigenvalue weighted by molar-refractivity contribution is 5.91. The summed E-state index contributed by atoms with van der Waals surface area (Å²) in [5.41, 5.74) is 0.817. The van der Waals surface area contributed by atoms with Gasteiger partial charge in [-0.25, -0.2) is 4.79 Å². The van der Waals surface area contributed by atoms with Crippen LogP contribution in [0.3, 0.4) is 0 Å². The van der Waals surface area contributed by atoms with Crippen LogP contribution in [0.5, 0.6) is 0 Å². The molecule has 0 heterocycles. The summed E-state index contributed by atoms with van der Waals surface area (Å²) >= 11 is 0. The fourth-order valence-corrected chi connectivity index (χ4v) is 2.55. The van der Waals surface area contributed by atoms with Gasteiger partial charge in [-0.05, 0) is 37.3 Å². The van der Waals surface area contributed by atoms with Crippen molar-refractivity contribution in [3.63, 3.8) is 0 Å². The fraction of sp³-hybridized carbons (Fsp3) is 0.500. The summed E-state index contributed by atoms with van der Waals surface area (Å²) in [6.45, 7) is 3.47. The van der Waals surface area contributed by atoms with Crippen molar-refractivity contribution in [2.24, 2.45) is 5.92 Å². The first-order chi connectivity index (χ1) is 9.61. The second kappa shape index (κ2) is 6.55. The van der Waals surface area contributed by atoms with Crippen molar-refractivity contribution in [2.75, 3.05) is 13.1 Å². The first-order valence-corrected chi connectivity index (χ1v) is 7.20. The van der Waals surface area contributed by atoms with E-state index in [1.54, 1.807) is 24.3 Å². The number of hydrogen-bond donors (Lipinski definition) is 1. The predicted octanol–water partition coefficient (Wildman–Crippen LogP) is 2.58. The summed E-state index contributed by atoms with van der Waals surface area (Å²) in [5.74, 6) is -0.322. The molecule has 0 aromatic heterocycles. The Morgan fingerprint density at radius 3 is 2.55 bits per heavy atom. The van der Waals surface area contributed by atoms with E-state index < -0.39 is 5.97 Å². The van der Waals surface area contributed by atoms with Gasteiger partial charge in [0.05, 0.1) is 12.0 Å². The number of carbonyl (C=O) groups is 2. The molecule has 0 aliphatic heterocycles. The minimum Gasteiger partial charge on any atom is -0.478 e. The van der Waals surface area contributed by atoms with Crippen molar-refractivity contribution in [3.05, 3.63) is 35.4 Å². The molecule has 1 amide bonds. The molecule has 0 bridgehead atoms. The molecule has 0 spiro atoms. The lowest BCUT2D eigenvalue weighted by Crippen LogP contribution is -2.38. The number of rotatable bonds is 6. The van der Waals surface area contributed by atoms with E-state index in [-0.39, 0.29) is 17.9 Å². The molecule has 1 aromatic carbocycles. The van der Waals surface area contributed by atoms with E-state index >= 15 is 0 Å². The van der Waals surface area contributed by atoms with E-state index in [1.807, 2.05) is 11.8 Å². The van der Waals surface area contributed by atoms with E-state index in [2.05, 4.69) is 0 Å². The number of benzene rings is 1. The van der Waals surface area contributed by atoms with Gasteiger partial charge in [0, 0.05) is 13.1 Å². The Morgan fingerprint density at radius 2 is 2.00 bits per heavy atom. The van der Waals surface area contributed by atoms with Crippen molar-refractivity contribution in [1.82, 2.24) is 4.90 Å². The topological polar surface area (TPSA) is 57.6 Å². The van der Waals surface area contributed by atoms with Crippen LogP contribution >= 0.6 is 0 Å². The van der Waals surface area contributed by atoms with Gasteiger partial charge in [-0.15, -0.1) is 0 Å². The number of carboxylic acid groups (broad SMARTS) is 1. The van der Waals surface area contributed by atoms with Crippen LogP contribution in [-0.4, -0.2) is 35.0 Å². The van der Waals surface area contributed by atoms with Gasteiger partial charge in [-0.2, -0.15) is 0 Å². The molecule has 1 fully saturated rings. The van der Waals surface area contributed by atoms with Crippen LogP contribution in [0.2, 0.25) is 0 Å². The third-order valence-corrected chi connectivity index (χ3v) is 4.03. The number of nitrogens with zero attached hydrogens (tertiary/aromatic N) is 1. The van der Waals surface area contributed by atoms with Crippen LogP contribution in [0.4, 0.5) is 0 Å². The molecule has 0 radical (unpaired) electrons. The summed E-state index contributed by atoms with van der Waals surface area (Å²) in [4.78, 5) is 25.3. The Kier molecular flexibility index (Phi) is 4.77. The van der Waals surface area contributed by atoms with Gasteiger partial charge in [-0.1, -0.05) is 24.6 Å². The Labute approximate surface area is 119 Å². The van der Waals surface area contributed by atoms with Gasteiger partial charge in [0.15, 0.2) is 0 Å². The van der Waals surface area contributed by atoms with Crippen LogP contribution in [0.1, 0.15) is 42.1 Å². The summed E-state index contributed by atoms with van der Waals surface area (Å²) in [7, 11) is 0. The summed E-state index contributed by atoms with van der Waals surface area (Å²) in [6.07, 6.45) is 3.84. The molecule has 0 saturated heterocycles. The van der Waals surface area contributed by atoms with Crippen molar-refractivity contribution >= 4 is 11.9 Å². The van der Waals surface area contributed by atoms with Gasteiger partial charge in [0.25, 0.3) is 0 Å². The van der Waals surface area contributed by atoms with Crippen LogP contribution < -0.4 is 0 Å². The normalized spacial score (nSPS) is 14.7. The molecule has 0 atom stereocenters. The number of likely N-dealkylation sites (N-methyl/N-ethyl adjacent to an activating group) is 1. The highest BCUT2D eigenvalue weighted by Crippen LogP contribution is 2.27. The summed E-state index contributed by atoms with van der Waals surface area (Å²) < 4.78 is 0. The van der Waals surface area contributed by atoms with Crippen molar-refractivity contribution in [1.29, 1.82) is 0 Å². The molecule has 20 heavy (non-hydrogen) atoms. The van der Waals surface area contributed by atoms with Crippen molar-refractivity contribution < 1.29 is 14.7 Å². The SMILES string of the molecule is CCN(CC1CCC1)C(=O)Cc1ccccc1C(=O)O. The van der Waals surface area contributed by atoms with Crippen molar-refractivity contribution in [2.45, 2.75) is 32.6 Å². The Bertz CT molecular complexity index is 494. The number of hydrogen-bond acceptors (Lipinski definition) is 2. The van der Waals surface area contributed by atoms with E-state index in [4.69, 9.17) is 5.11 Å². The third-order valence-electron chi connectivity index (χ3n) is 4.03. The largest absolute Gasteiger partial charge is 0.478 e. The Hall–Kier alpha value is -1.84. The second-order valence-corrected chi connectivity index (χ2v) is 5.37. The molecule has 0 unspecified atom stereocenters. The maximum absolute atomic E-state index is 12.3. The quantitative estimate of drug-likeness (QED) is 0.868. The molecule has 1 aliphatic rings. The molecular formula is C16H21NO3. The second-order valence-electron chi connectivity index (χ2n) is 5.37. The minimum absolute atomic E-state index is 0.0214. The standard InChI is InChI=1S/C16H21NO3/c1-2-17(11-12-6-5-7-12)15(18)10-13-8-3-4-9-14(13)16(19)20/h3-4,8-9,12H,2,5-7,10-11H2,1H3,(H,19,20). The van der Waals surface area contributed by atoms with Crippen LogP contribution in [0, 0.1) is 5.92 Å². The van der Waals surface area contributed by atoms with Crippen LogP contribution in [0.25, 0.3) is 0 Å². The van der Waals surface area contributed by atoms with Crippen LogP contribution in [-0.2, 0) is 11.2 Å². The molecule has 2 rings (SSSR count). The Morgan fingerprint density at radius 1 is 1.30 bits per heavy atom. The van der Waals surface area contributed by atoms with E-state index in [9.17, 15) is 9.59 Å². The Balaban J connectivity index is 2.03. The lowest BCUT2D eigenvalue weighted by Gasteiger charge is -2.32. The van der Waals surface area contributed by atoms with Crippen molar-refractivity contribution in [3.8, 4) is 0 Å². The van der Waals surface area contributed by atoms with E-state index in [0.717, 1.165) is 6.54 Å². The zero-order valence-corrected chi connectivity index (χ0v) is 11.8. The first-order valence-electron chi connectivity index (χ1n) is 7.20. The smallest absolute Gasteiger partial charge is 0.335 e. The third kappa shape index (κ3) is 3.38. The molecule has 1 saturated carbocycles. The van der Waals surface area contributed by atoms with Gasteiger partial charge >= 0.3 is 5.97 Å². The van der Waals surface area contributed by atoms with Gasteiger partial charge < -0.3 is 10.0 Å². The monoisotopic (exact) mass is 275 g/mol. The lowest BCUT2D eigenvalue weighted by atomic mass is 9.85. The van der Waals surface area contributed by atoms with Gasteiger partial charge in [0.1, 0.15) is 0 Å². The molecule has 108 valence electrons. The highest BCUT2D eigenvalue weighted by Gasteiger charge is 2.23. The summed E-state index contributed by atoms with van der Waals surface area (Å²) in [5, 5.41) is 9.14. The molecule has 1 aromatic rings. The molecular weight excluding hydrogens is 254 g/mol. The minimum atomic E-state index is -0.976. The maximum Gasteiger partial charge on any atom is 0.335 e. The number of aromatic carboxylic acids is 1. The number of carbonyl (C=O) groups excluding carboxylic acids is 1. The average molecular weight is 275 g/mol. The average Bonchev–Trinajstić information content (AvgIpc) is 2.38. The van der Waals surface area contributed by atoms with Gasteiger partial charge in [-0.3, -0.25) is 4.79 Å².